The summed E-state index contributed by atoms with van der Waals surface area (Å²) in [5.74, 6) is 1.12. The number of benzene rings is 2. The van der Waals surface area contributed by atoms with E-state index >= 15 is 0 Å². The number of carbonyl (C=O) groups is 1. The van der Waals surface area contributed by atoms with Crippen LogP contribution in [-0.2, 0) is 9.53 Å². The second kappa shape index (κ2) is 8.88. The highest BCUT2D eigenvalue weighted by molar-refractivity contribution is 6.31. The number of hydrogen-bond donors (Lipinski definition) is 3. The molecule has 3 heterocycles. The summed E-state index contributed by atoms with van der Waals surface area (Å²) >= 11 is 6.58. The molecule has 35 heavy (non-hydrogen) atoms. The largest absolute Gasteiger partial charge is 0.457 e. The molecule has 5 rings (SSSR count). The Hall–Kier alpha value is -3.59. The van der Waals surface area contributed by atoms with Gasteiger partial charge in [-0.1, -0.05) is 35.9 Å². The third kappa shape index (κ3) is 3.99. The smallest absolute Gasteiger partial charge is 0.254 e. The van der Waals surface area contributed by atoms with Gasteiger partial charge in [0.15, 0.2) is 0 Å². The van der Waals surface area contributed by atoms with Crippen LogP contribution in [0.25, 0.3) is 11.0 Å². The topological polar surface area (TPSA) is 99.7 Å². The Morgan fingerprint density at radius 2 is 1.94 bits per heavy atom. The monoisotopic (exact) mass is 492 g/mol. The van der Waals surface area contributed by atoms with E-state index in [9.17, 15) is 9.90 Å². The van der Waals surface area contributed by atoms with Gasteiger partial charge in [-0.25, -0.2) is 4.98 Å². The van der Waals surface area contributed by atoms with Gasteiger partial charge in [-0.3, -0.25) is 4.79 Å². The van der Waals surface area contributed by atoms with Crippen molar-refractivity contribution in [3.8, 4) is 11.5 Å². The molecular weight excluding hydrogens is 468 g/mol. The molecule has 0 bridgehead atoms. The Morgan fingerprint density at radius 1 is 1.17 bits per heavy atom. The van der Waals surface area contributed by atoms with Crippen LogP contribution in [0.5, 0.6) is 11.5 Å². The lowest BCUT2D eigenvalue weighted by Gasteiger charge is -2.40. The number of anilines is 2. The van der Waals surface area contributed by atoms with Gasteiger partial charge in [0.2, 0.25) is 0 Å². The summed E-state index contributed by atoms with van der Waals surface area (Å²) in [6.07, 6.45) is 2.29. The van der Waals surface area contributed by atoms with Crippen LogP contribution in [0.3, 0.4) is 0 Å². The number of para-hydroxylation sites is 1. The number of likely N-dealkylation sites (N-methyl/N-ethyl adjacent to an activating group) is 1. The number of nitrogens with zero attached hydrogens (tertiary/aromatic N) is 2. The van der Waals surface area contributed by atoms with E-state index in [1.165, 1.54) is 0 Å². The molecule has 0 saturated heterocycles. The second-order valence-corrected chi connectivity index (χ2v) is 9.15. The van der Waals surface area contributed by atoms with Crippen LogP contribution < -0.4 is 15.0 Å². The average molecular weight is 493 g/mol. The molecule has 2 atom stereocenters. The minimum Gasteiger partial charge on any atom is -0.457 e. The van der Waals surface area contributed by atoms with Crippen molar-refractivity contribution in [1.29, 1.82) is 0 Å². The molecule has 2 aromatic carbocycles. The number of aromatic nitrogens is 2. The maximum absolute atomic E-state index is 13.0. The van der Waals surface area contributed by atoms with Gasteiger partial charge in [-0.05, 0) is 31.2 Å². The minimum atomic E-state index is -1.05. The highest BCUT2D eigenvalue weighted by atomic mass is 35.5. The predicted octanol–water partition coefficient (Wildman–Crippen LogP) is 4.88. The van der Waals surface area contributed by atoms with E-state index in [2.05, 4.69) is 15.3 Å². The van der Waals surface area contributed by atoms with E-state index in [0.717, 1.165) is 0 Å². The van der Waals surface area contributed by atoms with Gasteiger partial charge in [0.1, 0.15) is 28.8 Å². The number of hydrogen-bond acceptors (Lipinski definition) is 6. The van der Waals surface area contributed by atoms with E-state index < -0.39 is 11.6 Å². The van der Waals surface area contributed by atoms with Crippen LogP contribution in [0.15, 0.2) is 60.9 Å². The van der Waals surface area contributed by atoms with Crippen LogP contribution in [0.2, 0.25) is 5.02 Å². The molecule has 2 unspecified atom stereocenters. The van der Waals surface area contributed by atoms with Gasteiger partial charge in [-0.2, -0.15) is 0 Å². The zero-order valence-corrected chi connectivity index (χ0v) is 20.3. The van der Waals surface area contributed by atoms with Crippen molar-refractivity contribution in [3.63, 3.8) is 0 Å². The van der Waals surface area contributed by atoms with Gasteiger partial charge in [-0.15, -0.1) is 0 Å². The Morgan fingerprint density at radius 3 is 2.66 bits per heavy atom. The number of fused-ring (bicyclic) bond motifs is 3. The number of methoxy groups -OCH3 is 1. The average Bonchev–Trinajstić information content (AvgIpc) is 3.28. The molecule has 0 aliphatic carbocycles. The van der Waals surface area contributed by atoms with Crippen molar-refractivity contribution in [3.05, 3.63) is 77.1 Å². The number of carbonyl (C=O) groups excluding carboxylic acids is 1. The lowest BCUT2D eigenvalue weighted by Crippen LogP contribution is -2.57. The molecule has 180 valence electrons. The number of H-pyrrole nitrogens is 1. The van der Waals surface area contributed by atoms with E-state index in [0.29, 0.717) is 50.1 Å². The number of aromatic amines is 1. The fraction of sp³-hybridized carbons (Fsp3) is 0.231. The molecule has 1 amide bonds. The molecule has 2 aromatic heterocycles. The normalized spacial score (nSPS) is 18.3. The number of rotatable bonds is 6. The van der Waals surface area contributed by atoms with Crippen molar-refractivity contribution in [1.82, 2.24) is 9.97 Å². The van der Waals surface area contributed by atoms with Crippen molar-refractivity contribution in [2.45, 2.75) is 18.6 Å². The molecule has 4 aromatic rings. The molecular formula is C26H25ClN4O4. The van der Waals surface area contributed by atoms with Crippen molar-refractivity contribution in [2.24, 2.45) is 0 Å². The number of nitrogens with one attached hydrogen (secondary N) is 2. The van der Waals surface area contributed by atoms with E-state index in [4.69, 9.17) is 21.1 Å². The van der Waals surface area contributed by atoms with Crippen LogP contribution in [-0.4, -0.2) is 47.3 Å². The quantitative estimate of drug-likeness (QED) is 0.354. The molecule has 0 radical (unpaired) electrons. The van der Waals surface area contributed by atoms with Gasteiger partial charge in [0, 0.05) is 31.5 Å². The van der Waals surface area contributed by atoms with Crippen molar-refractivity contribution in [2.75, 3.05) is 31.0 Å². The molecule has 8 nitrogen and oxygen atoms in total. The fourth-order valence-corrected chi connectivity index (χ4v) is 4.76. The van der Waals surface area contributed by atoms with E-state index in [1.807, 2.05) is 30.3 Å². The first-order valence-corrected chi connectivity index (χ1v) is 11.5. The third-order valence-corrected chi connectivity index (χ3v) is 6.55. The third-order valence-electron chi connectivity index (χ3n) is 6.22. The van der Waals surface area contributed by atoms with Gasteiger partial charge in [0.25, 0.3) is 5.91 Å². The molecule has 1 aliphatic heterocycles. The number of ether oxygens (including phenoxy) is 2. The summed E-state index contributed by atoms with van der Waals surface area (Å²) in [6, 6.07) is 14.6. The Balaban J connectivity index is 1.54. The molecule has 0 saturated carbocycles. The van der Waals surface area contributed by atoms with Gasteiger partial charge < -0.3 is 29.8 Å². The van der Waals surface area contributed by atoms with Crippen molar-refractivity contribution < 1.29 is 19.4 Å². The molecule has 0 fully saturated rings. The fourth-order valence-electron chi connectivity index (χ4n) is 4.49. The van der Waals surface area contributed by atoms with E-state index in [-0.39, 0.29) is 12.5 Å². The number of aliphatic hydroxyl groups is 1. The zero-order chi connectivity index (χ0) is 24.7. The Kier molecular flexibility index (Phi) is 5.88. The second-order valence-electron chi connectivity index (χ2n) is 8.74. The molecule has 3 N–H and O–H groups in total. The SMILES string of the molecule is COCC1(C)Nc2c(cnc3[nH]cc(C(O)c4ccc(Oc5ccccc5)cc4Cl)c23)N(C)C1=O. The maximum Gasteiger partial charge on any atom is 0.254 e. The highest BCUT2D eigenvalue weighted by Crippen LogP contribution is 2.43. The summed E-state index contributed by atoms with van der Waals surface area (Å²) in [6.45, 7) is 1.96. The van der Waals surface area contributed by atoms with Crippen molar-refractivity contribution >= 4 is 39.9 Å². The van der Waals surface area contributed by atoms with Gasteiger partial charge in [0.05, 0.1) is 34.6 Å². The number of amides is 1. The highest BCUT2D eigenvalue weighted by Gasteiger charge is 2.42. The lowest BCUT2D eigenvalue weighted by molar-refractivity contribution is -0.124. The Bertz CT molecular complexity index is 1410. The summed E-state index contributed by atoms with van der Waals surface area (Å²) in [5, 5.41) is 15.8. The van der Waals surface area contributed by atoms with E-state index in [1.54, 1.807) is 56.6 Å². The van der Waals surface area contributed by atoms with Gasteiger partial charge >= 0.3 is 0 Å². The zero-order valence-electron chi connectivity index (χ0n) is 19.5. The summed E-state index contributed by atoms with van der Waals surface area (Å²) in [7, 11) is 3.25. The molecule has 9 heteroatoms. The summed E-state index contributed by atoms with van der Waals surface area (Å²) in [4.78, 5) is 22.1. The summed E-state index contributed by atoms with van der Waals surface area (Å²) < 4.78 is 11.2. The Labute approximate surface area is 207 Å². The lowest BCUT2D eigenvalue weighted by atomic mass is 9.94. The molecule has 0 spiro atoms. The standard InChI is InChI=1S/C26H25ClN4O4/c1-26(14-34-3)25(33)31(2)20-13-29-24-21(22(20)30-26)18(12-28-24)23(32)17-10-9-16(11-19(17)27)35-15-7-5-4-6-8-15/h4-13,23,30,32H,14H2,1-3H3,(H,28,29). The number of halogens is 1. The van der Waals surface area contributed by atoms with Crippen LogP contribution in [0, 0.1) is 0 Å². The number of aliphatic hydroxyl groups excluding tert-OH is 1. The van der Waals surface area contributed by atoms with Crippen LogP contribution >= 0.6 is 11.6 Å². The first-order valence-electron chi connectivity index (χ1n) is 11.1. The minimum absolute atomic E-state index is 0.136. The molecule has 1 aliphatic rings. The first kappa shape index (κ1) is 23.2. The summed E-state index contributed by atoms with van der Waals surface area (Å²) in [5.41, 5.74) is 2.00. The maximum atomic E-state index is 13.0. The predicted molar refractivity (Wildman–Crippen MR) is 135 cm³/mol. The number of pyridine rings is 1. The van der Waals surface area contributed by atoms with Crippen LogP contribution in [0.1, 0.15) is 24.2 Å². The van der Waals surface area contributed by atoms with Crippen LogP contribution in [0.4, 0.5) is 11.4 Å². The first-order chi connectivity index (χ1) is 16.8.